The van der Waals surface area contributed by atoms with Crippen molar-refractivity contribution >= 4 is 5.97 Å². The van der Waals surface area contributed by atoms with E-state index in [9.17, 15) is 4.79 Å². The number of carboxylic acids is 1. The highest BCUT2D eigenvalue weighted by Crippen LogP contribution is 2.19. The Bertz CT molecular complexity index is 180. The Balaban J connectivity index is 3.51. The molecule has 0 saturated heterocycles. The van der Waals surface area contributed by atoms with Gasteiger partial charge in [-0.2, -0.15) is 0 Å². The Morgan fingerprint density at radius 2 is 1.65 bits per heavy atom. The van der Waals surface area contributed by atoms with Crippen LogP contribution in [-0.4, -0.2) is 22.8 Å². The van der Waals surface area contributed by atoms with E-state index >= 15 is 0 Å². The maximum Gasteiger partial charge on any atom is 0.303 e. The van der Waals surface area contributed by atoms with Crippen LogP contribution in [0.5, 0.6) is 0 Å². The van der Waals surface area contributed by atoms with Gasteiger partial charge in [0.1, 0.15) is 0 Å². The summed E-state index contributed by atoms with van der Waals surface area (Å²) in [6.07, 6.45) is 10.4. The van der Waals surface area contributed by atoms with Crippen molar-refractivity contribution in [3.63, 3.8) is 0 Å². The van der Waals surface area contributed by atoms with Crippen LogP contribution in [0.3, 0.4) is 0 Å². The second-order valence-electron chi connectivity index (χ2n) is 4.87. The SMILES string of the molecule is CCCCCCCCC(CCO)CCC(=O)O. The van der Waals surface area contributed by atoms with Crippen LogP contribution in [0, 0.1) is 5.92 Å². The Morgan fingerprint density at radius 3 is 2.24 bits per heavy atom. The van der Waals surface area contributed by atoms with E-state index in [4.69, 9.17) is 10.2 Å². The molecule has 3 nitrogen and oxygen atoms in total. The van der Waals surface area contributed by atoms with E-state index in [-0.39, 0.29) is 13.0 Å². The molecule has 0 aromatic heterocycles. The van der Waals surface area contributed by atoms with Crippen LogP contribution in [0.4, 0.5) is 0 Å². The van der Waals surface area contributed by atoms with Gasteiger partial charge in [-0.1, -0.05) is 51.9 Å². The monoisotopic (exact) mass is 244 g/mol. The largest absolute Gasteiger partial charge is 0.481 e. The maximum atomic E-state index is 10.5. The molecule has 2 N–H and O–H groups in total. The third kappa shape index (κ3) is 11.7. The lowest BCUT2D eigenvalue weighted by Crippen LogP contribution is -2.06. The Morgan fingerprint density at radius 1 is 1.00 bits per heavy atom. The van der Waals surface area contributed by atoms with Crippen molar-refractivity contribution in [3.05, 3.63) is 0 Å². The summed E-state index contributed by atoms with van der Waals surface area (Å²) in [7, 11) is 0. The molecule has 0 amide bonds. The van der Waals surface area contributed by atoms with Crippen molar-refractivity contribution in [1.82, 2.24) is 0 Å². The zero-order chi connectivity index (χ0) is 12.9. The summed E-state index contributed by atoms with van der Waals surface area (Å²) in [5, 5.41) is 17.6. The van der Waals surface area contributed by atoms with Crippen LogP contribution in [0.2, 0.25) is 0 Å². The minimum atomic E-state index is -0.726. The lowest BCUT2D eigenvalue weighted by atomic mass is 9.93. The molecule has 0 aliphatic rings. The lowest BCUT2D eigenvalue weighted by molar-refractivity contribution is -0.137. The molecule has 0 spiro atoms. The first kappa shape index (κ1) is 16.4. The molecule has 0 fully saturated rings. The number of unbranched alkanes of at least 4 members (excludes halogenated alkanes) is 5. The van der Waals surface area contributed by atoms with E-state index in [0.717, 1.165) is 12.8 Å². The van der Waals surface area contributed by atoms with Crippen LogP contribution in [0.1, 0.15) is 71.1 Å². The lowest BCUT2D eigenvalue weighted by Gasteiger charge is -2.14. The molecule has 17 heavy (non-hydrogen) atoms. The van der Waals surface area contributed by atoms with Crippen molar-refractivity contribution in [1.29, 1.82) is 0 Å². The van der Waals surface area contributed by atoms with Gasteiger partial charge in [-0.15, -0.1) is 0 Å². The van der Waals surface area contributed by atoms with Gasteiger partial charge in [0.2, 0.25) is 0 Å². The highest BCUT2D eigenvalue weighted by molar-refractivity contribution is 5.66. The number of aliphatic carboxylic acids is 1. The quantitative estimate of drug-likeness (QED) is 0.516. The number of hydrogen-bond donors (Lipinski definition) is 2. The third-order valence-electron chi connectivity index (χ3n) is 3.27. The predicted octanol–water partition coefficient (Wildman–Crippen LogP) is 3.60. The second kappa shape index (κ2) is 11.9. The van der Waals surface area contributed by atoms with E-state index in [1.807, 2.05) is 0 Å². The minimum Gasteiger partial charge on any atom is -0.481 e. The van der Waals surface area contributed by atoms with Crippen molar-refractivity contribution in [2.75, 3.05) is 6.61 Å². The molecule has 3 heteroatoms. The molecule has 1 atom stereocenters. The molecule has 102 valence electrons. The maximum absolute atomic E-state index is 10.5. The molecule has 1 unspecified atom stereocenters. The van der Waals surface area contributed by atoms with Gasteiger partial charge in [-0.05, 0) is 18.8 Å². The van der Waals surface area contributed by atoms with Gasteiger partial charge in [-0.3, -0.25) is 4.79 Å². The normalized spacial score (nSPS) is 12.6. The second-order valence-corrected chi connectivity index (χ2v) is 4.87. The van der Waals surface area contributed by atoms with Crippen LogP contribution in [0.25, 0.3) is 0 Å². The van der Waals surface area contributed by atoms with Crippen LogP contribution < -0.4 is 0 Å². The molecule has 0 aliphatic carbocycles. The number of rotatable bonds is 12. The average molecular weight is 244 g/mol. The first-order valence-corrected chi connectivity index (χ1v) is 7.03. The van der Waals surface area contributed by atoms with Gasteiger partial charge in [-0.25, -0.2) is 0 Å². The number of hydrogen-bond acceptors (Lipinski definition) is 2. The standard InChI is InChI=1S/C14H28O3/c1-2-3-4-5-6-7-8-13(11-12-15)9-10-14(16)17/h13,15H,2-12H2,1H3,(H,16,17). The zero-order valence-corrected chi connectivity index (χ0v) is 11.2. The summed E-state index contributed by atoms with van der Waals surface area (Å²) in [5.41, 5.74) is 0. The van der Waals surface area contributed by atoms with Crippen molar-refractivity contribution in [2.45, 2.75) is 71.1 Å². The third-order valence-corrected chi connectivity index (χ3v) is 3.27. The van der Waals surface area contributed by atoms with Crippen molar-refractivity contribution < 1.29 is 15.0 Å². The summed E-state index contributed by atoms with van der Waals surface area (Å²) in [6.45, 7) is 2.39. The summed E-state index contributed by atoms with van der Waals surface area (Å²) < 4.78 is 0. The van der Waals surface area contributed by atoms with E-state index in [2.05, 4.69) is 6.92 Å². The van der Waals surface area contributed by atoms with Crippen LogP contribution in [0.15, 0.2) is 0 Å². The van der Waals surface area contributed by atoms with Gasteiger partial charge in [0.25, 0.3) is 0 Å². The Labute approximate surface area is 105 Å². The molecule has 0 radical (unpaired) electrons. The first-order valence-electron chi connectivity index (χ1n) is 7.03. The zero-order valence-electron chi connectivity index (χ0n) is 11.2. The molecule has 0 aromatic carbocycles. The number of carbonyl (C=O) groups is 1. The van der Waals surface area contributed by atoms with Gasteiger partial charge in [0.05, 0.1) is 0 Å². The van der Waals surface area contributed by atoms with E-state index in [1.54, 1.807) is 0 Å². The molecule has 0 rings (SSSR count). The molecule has 0 aromatic rings. The summed E-state index contributed by atoms with van der Waals surface area (Å²) in [5.74, 6) is -0.335. The van der Waals surface area contributed by atoms with Crippen molar-refractivity contribution in [3.8, 4) is 0 Å². The fraction of sp³-hybridized carbons (Fsp3) is 0.929. The summed E-state index contributed by atoms with van der Waals surface area (Å²) in [4.78, 5) is 10.5. The first-order chi connectivity index (χ1) is 8.20. The Hall–Kier alpha value is -0.570. The van der Waals surface area contributed by atoms with E-state index in [1.165, 1.54) is 38.5 Å². The minimum absolute atomic E-state index is 0.181. The van der Waals surface area contributed by atoms with E-state index in [0.29, 0.717) is 12.3 Å². The van der Waals surface area contributed by atoms with Crippen LogP contribution in [-0.2, 0) is 4.79 Å². The van der Waals surface area contributed by atoms with Crippen molar-refractivity contribution in [2.24, 2.45) is 5.92 Å². The molecule has 0 aliphatic heterocycles. The summed E-state index contributed by atoms with van der Waals surface area (Å²) in [6, 6.07) is 0. The van der Waals surface area contributed by atoms with Crippen LogP contribution >= 0.6 is 0 Å². The molecule has 0 bridgehead atoms. The smallest absolute Gasteiger partial charge is 0.303 e. The van der Waals surface area contributed by atoms with Gasteiger partial charge >= 0.3 is 5.97 Å². The topological polar surface area (TPSA) is 57.5 Å². The average Bonchev–Trinajstić information content (AvgIpc) is 2.30. The number of carboxylic acid groups (broad SMARTS) is 1. The Kier molecular flexibility index (Phi) is 11.5. The predicted molar refractivity (Wildman–Crippen MR) is 70.1 cm³/mol. The fourth-order valence-corrected chi connectivity index (χ4v) is 2.16. The molecule has 0 saturated carbocycles. The highest BCUT2D eigenvalue weighted by Gasteiger charge is 2.10. The van der Waals surface area contributed by atoms with Gasteiger partial charge in [0, 0.05) is 13.0 Å². The molecule has 0 heterocycles. The van der Waals surface area contributed by atoms with Gasteiger partial charge < -0.3 is 10.2 Å². The number of aliphatic hydroxyl groups excluding tert-OH is 1. The number of aliphatic hydroxyl groups is 1. The van der Waals surface area contributed by atoms with E-state index < -0.39 is 5.97 Å². The highest BCUT2D eigenvalue weighted by atomic mass is 16.4. The van der Waals surface area contributed by atoms with Gasteiger partial charge in [0.15, 0.2) is 0 Å². The fourth-order valence-electron chi connectivity index (χ4n) is 2.16. The molecular formula is C14H28O3. The summed E-state index contributed by atoms with van der Waals surface area (Å²) >= 11 is 0. The molecular weight excluding hydrogens is 216 g/mol.